The van der Waals surface area contributed by atoms with E-state index in [-0.39, 0.29) is 11.9 Å². The minimum absolute atomic E-state index is 0.00562. The Kier molecular flexibility index (Phi) is 3.70. The van der Waals surface area contributed by atoms with E-state index in [1.807, 2.05) is 6.92 Å². The quantitative estimate of drug-likeness (QED) is 0.731. The van der Waals surface area contributed by atoms with Crippen LogP contribution in [0.5, 0.6) is 0 Å². The molecule has 0 aliphatic carbocycles. The monoisotopic (exact) mass is 369 g/mol. The van der Waals surface area contributed by atoms with Gasteiger partial charge >= 0.3 is 0 Å². The zero-order valence-corrected chi connectivity index (χ0v) is 16.0. The first-order chi connectivity index (χ1) is 11.9. The lowest BCUT2D eigenvalue weighted by molar-refractivity contribution is -0.128. The minimum Gasteiger partial charge on any atom is -0.369 e. The SMILES string of the molecule is Cc1csc(-c2cc([C@]3(C)CC(=O)N(C)C(N)=N3)cc3ccsc23)c1. The van der Waals surface area contributed by atoms with Gasteiger partial charge < -0.3 is 5.73 Å². The van der Waals surface area contributed by atoms with Crippen LogP contribution in [0.25, 0.3) is 20.5 Å². The third kappa shape index (κ3) is 2.65. The molecule has 0 radical (unpaired) electrons. The maximum absolute atomic E-state index is 12.3. The smallest absolute Gasteiger partial charge is 0.231 e. The van der Waals surface area contributed by atoms with Crippen LogP contribution in [0, 0.1) is 6.92 Å². The third-order valence-corrected chi connectivity index (χ3v) is 6.79. The summed E-state index contributed by atoms with van der Waals surface area (Å²) in [5.41, 5.74) is 8.86. The maximum Gasteiger partial charge on any atom is 0.231 e. The van der Waals surface area contributed by atoms with Crippen LogP contribution in [0.1, 0.15) is 24.5 Å². The van der Waals surface area contributed by atoms with Gasteiger partial charge in [0.1, 0.15) is 0 Å². The molecule has 1 amide bonds. The van der Waals surface area contributed by atoms with E-state index in [2.05, 4.69) is 46.9 Å². The Morgan fingerprint density at radius 3 is 2.76 bits per heavy atom. The van der Waals surface area contributed by atoms with E-state index in [1.54, 1.807) is 29.7 Å². The Morgan fingerprint density at radius 1 is 1.28 bits per heavy atom. The lowest BCUT2D eigenvalue weighted by Crippen LogP contribution is -2.47. The number of hydrogen-bond acceptors (Lipinski definition) is 5. The molecule has 0 saturated carbocycles. The molecule has 3 heterocycles. The van der Waals surface area contributed by atoms with Crippen molar-refractivity contribution in [3.05, 3.63) is 46.2 Å². The highest BCUT2D eigenvalue weighted by molar-refractivity contribution is 7.19. The van der Waals surface area contributed by atoms with Gasteiger partial charge in [0.05, 0.1) is 12.0 Å². The molecule has 2 aromatic heterocycles. The summed E-state index contributed by atoms with van der Waals surface area (Å²) in [7, 11) is 1.67. The number of rotatable bonds is 2. The zero-order chi connectivity index (χ0) is 17.8. The summed E-state index contributed by atoms with van der Waals surface area (Å²) in [5, 5.41) is 5.46. The molecular formula is C19H19N3OS2. The van der Waals surface area contributed by atoms with Crippen molar-refractivity contribution in [1.29, 1.82) is 0 Å². The molecule has 1 aliphatic heterocycles. The number of nitrogens with two attached hydrogens (primary N) is 1. The van der Waals surface area contributed by atoms with Gasteiger partial charge in [-0.15, -0.1) is 22.7 Å². The number of aliphatic imine (C=N–C) groups is 1. The summed E-state index contributed by atoms with van der Waals surface area (Å²) in [6.45, 7) is 4.10. The number of carbonyl (C=O) groups is 1. The van der Waals surface area contributed by atoms with Gasteiger partial charge in [-0.3, -0.25) is 9.69 Å². The predicted molar refractivity (Wildman–Crippen MR) is 106 cm³/mol. The van der Waals surface area contributed by atoms with Gasteiger partial charge in [-0.1, -0.05) is 0 Å². The number of nitrogens with zero attached hydrogens (tertiary/aromatic N) is 2. The molecular weight excluding hydrogens is 350 g/mol. The van der Waals surface area contributed by atoms with Gasteiger partial charge in [0.25, 0.3) is 0 Å². The first-order valence-electron chi connectivity index (χ1n) is 8.06. The average Bonchev–Trinajstić information content (AvgIpc) is 3.20. The molecule has 1 aliphatic rings. The molecule has 25 heavy (non-hydrogen) atoms. The Hall–Kier alpha value is -2.18. The molecule has 6 heteroatoms. The highest BCUT2D eigenvalue weighted by Gasteiger charge is 2.36. The van der Waals surface area contributed by atoms with Crippen molar-refractivity contribution in [3.63, 3.8) is 0 Å². The van der Waals surface area contributed by atoms with Crippen LogP contribution in [0.2, 0.25) is 0 Å². The fourth-order valence-electron chi connectivity index (χ4n) is 3.22. The average molecular weight is 370 g/mol. The fourth-order valence-corrected chi connectivity index (χ4v) is 5.12. The molecule has 1 atom stereocenters. The van der Waals surface area contributed by atoms with E-state index in [1.165, 1.54) is 31.0 Å². The molecule has 1 aromatic carbocycles. The summed E-state index contributed by atoms with van der Waals surface area (Å²) in [6, 6.07) is 8.66. The van der Waals surface area contributed by atoms with Crippen LogP contribution in [-0.4, -0.2) is 23.8 Å². The fraction of sp³-hybridized carbons (Fsp3) is 0.263. The second-order valence-electron chi connectivity index (χ2n) is 6.72. The van der Waals surface area contributed by atoms with Crippen molar-refractivity contribution >= 4 is 44.6 Å². The van der Waals surface area contributed by atoms with Gasteiger partial charge in [-0.25, -0.2) is 4.99 Å². The molecule has 0 fully saturated rings. The Morgan fingerprint density at radius 2 is 2.08 bits per heavy atom. The number of benzene rings is 1. The van der Waals surface area contributed by atoms with Gasteiger partial charge in [0, 0.05) is 22.2 Å². The van der Waals surface area contributed by atoms with Crippen molar-refractivity contribution < 1.29 is 4.79 Å². The molecule has 4 nitrogen and oxygen atoms in total. The largest absolute Gasteiger partial charge is 0.369 e. The molecule has 4 rings (SSSR count). The Labute approximate surface area is 154 Å². The number of amides is 1. The summed E-state index contributed by atoms with van der Waals surface area (Å²) in [4.78, 5) is 19.7. The van der Waals surface area contributed by atoms with Crippen molar-refractivity contribution in [3.8, 4) is 10.4 Å². The second kappa shape index (κ2) is 5.68. The number of thiophene rings is 2. The number of carbonyl (C=O) groups excluding carboxylic acids is 1. The summed E-state index contributed by atoms with van der Waals surface area (Å²) < 4.78 is 1.27. The van der Waals surface area contributed by atoms with E-state index >= 15 is 0 Å². The van der Waals surface area contributed by atoms with Crippen molar-refractivity contribution in [2.75, 3.05) is 7.05 Å². The Balaban J connectivity index is 1.93. The minimum atomic E-state index is -0.634. The second-order valence-corrected chi connectivity index (χ2v) is 8.55. The van der Waals surface area contributed by atoms with Crippen molar-refractivity contribution in [1.82, 2.24) is 4.90 Å². The lowest BCUT2D eigenvalue weighted by Gasteiger charge is -2.34. The van der Waals surface area contributed by atoms with Crippen LogP contribution in [0.4, 0.5) is 0 Å². The van der Waals surface area contributed by atoms with Crippen molar-refractivity contribution in [2.24, 2.45) is 10.7 Å². The number of aryl methyl sites for hydroxylation is 1. The molecule has 3 aromatic rings. The maximum atomic E-state index is 12.3. The molecule has 0 saturated heterocycles. The van der Waals surface area contributed by atoms with E-state index < -0.39 is 5.54 Å². The highest BCUT2D eigenvalue weighted by Crippen LogP contribution is 2.41. The van der Waals surface area contributed by atoms with Gasteiger partial charge in [-0.05, 0) is 65.4 Å². The first kappa shape index (κ1) is 16.3. The number of guanidine groups is 1. The first-order valence-corrected chi connectivity index (χ1v) is 9.82. The Bertz CT molecular complexity index is 1020. The van der Waals surface area contributed by atoms with Gasteiger partial charge in [0.15, 0.2) is 5.96 Å². The normalized spacial score (nSPS) is 21.0. The van der Waals surface area contributed by atoms with Gasteiger partial charge in [0.2, 0.25) is 5.91 Å². The van der Waals surface area contributed by atoms with Crippen LogP contribution < -0.4 is 5.73 Å². The molecule has 128 valence electrons. The molecule has 0 unspecified atom stereocenters. The van der Waals surface area contributed by atoms with Crippen LogP contribution in [-0.2, 0) is 10.3 Å². The van der Waals surface area contributed by atoms with E-state index in [9.17, 15) is 4.79 Å². The van der Waals surface area contributed by atoms with E-state index in [0.29, 0.717) is 6.42 Å². The van der Waals surface area contributed by atoms with Crippen LogP contribution >= 0.6 is 22.7 Å². The topological polar surface area (TPSA) is 58.7 Å². The predicted octanol–water partition coefficient (Wildman–Crippen LogP) is 4.33. The molecule has 0 spiro atoms. The lowest BCUT2D eigenvalue weighted by atomic mass is 9.86. The number of fused-ring (bicyclic) bond motifs is 1. The van der Waals surface area contributed by atoms with Crippen LogP contribution in [0.15, 0.2) is 40.0 Å². The summed E-state index contributed by atoms with van der Waals surface area (Å²) >= 11 is 3.49. The number of hydrogen-bond donors (Lipinski definition) is 1. The molecule has 0 bridgehead atoms. The summed E-state index contributed by atoms with van der Waals surface area (Å²) in [6.07, 6.45) is 0.322. The molecule has 2 N–H and O–H groups in total. The van der Waals surface area contributed by atoms with Gasteiger partial charge in [-0.2, -0.15) is 0 Å². The van der Waals surface area contributed by atoms with Crippen molar-refractivity contribution in [2.45, 2.75) is 25.8 Å². The zero-order valence-electron chi connectivity index (χ0n) is 14.4. The third-order valence-electron chi connectivity index (χ3n) is 4.74. The van der Waals surface area contributed by atoms with E-state index in [0.717, 1.165) is 5.56 Å². The highest BCUT2D eigenvalue weighted by atomic mass is 32.1. The summed E-state index contributed by atoms with van der Waals surface area (Å²) in [5.74, 6) is 0.270. The van der Waals surface area contributed by atoms with Crippen LogP contribution in [0.3, 0.4) is 0 Å². The standard InChI is InChI=1S/C19H19N3OS2/c1-11-6-15(25-10-11)14-8-13(7-12-4-5-24-17(12)14)19(2)9-16(23)22(3)18(20)21-19/h4-8,10H,9H2,1-3H3,(H2,20,21)/t19-/m0/s1. The van der Waals surface area contributed by atoms with E-state index in [4.69, 9.17) is 5.73 Å².